The summed E-state index contributed by atoms with van der Waals surface area (Å²) in [4.78, 5) is 0. The Morgan fingerprint density at radius 1 is 1.40 bits per heavy atom. The number of nitrogen functional groups attached to an aromatic ring is 1. The molecule has 0 saturated heterocycles. The third-order valence-corrected chi connectivity index (χ3v) is 2.73. The Hall–Kier alpha value is -0.890. The number of hydrogen-bond donors (Lipinski definition) is 2. The highest BCUT2D eigenvalue weighted by Crippen LogP contribution is 2.30. The highest BCUT2D eigenvalue weighted by atomic mass is 35.5. The Morgan fingerprint density at radius 2 is 2.07 bits per heavy atom. The first kappa shape index (κ1) is 12.2. The third kappa shape index (κ3) is 3.31. The van der Waals surface area contributed by atoms with Crippen LogP contribution in [0.5, 0.6) is 0 Å². The molecule has 0 aliphatic heterocycles. The molecule has 0 radical (unpaired) electrons. The lowest BCUT2D eigenvalue weighted by Crippen LogP contribution is -2.30. The maximum absolute atomic E-state index is 5.95. The topological polar surface area (TPSA) is 38.0 Å². The number of nitrogens with one attached hydrogen (secondary N) is 1. The van der Waals surface area contributed by atoms with E-state index in [2.05, 4.69) is 26.1 Å². The molecule has 0 aromatic heterocycles. The fourth-order valence-electron chi connectivity index (χ4n) is 1.70. The number of hydrogen-bond acceptors (Lipinski definition) is 2. The van der Waals surface area contributed by atoms with Crippen LogP contribution in [0.2, 0.25) is 5.02 Å². The molecule has 0 spiro atoms. The Balaban J connectivity index is 2.85. The zero-order valence-corrected chi connectivity index (χ0v) is 10.4. The second-order valence-corrected chi connectivity index (χ2v) is 4.87. The van der Waals surface area contributed by atoms with E-state index in [-0.39, 0.29) is 5.54 Å². The van der Waals surface area contributed by atoms with Gasteiger partial charge < -0.3 is 11.1 Å². The van der Waals surface area contributed by atoms with Gasteiger partial charge in [0.05, 0.1) is 16.4 Å². The minimum atomic E-state index is 0.0492. The van der Waals surface area contributed by atoms with Gasteiger partial charge in [-0.25, -0.2) is 0 Å². The lowest BCUT2D eigenvalue weighted by Gasteiger charge is -2.28. The third-order valence-electron chi connectivity index (χ3n) is 2.40. The van der Waals surface area contributed by atoms with E-state index in [1.54, 1.807) is 6.07 Å². The standard InChI is InChI=1S/C12H19ClN2/c1-4-8-12(2,3)15-10-7-5-6-9(13)11(10)14/h5-7,15H,4,8,14H2,1-3H3. The predicted octanol–water partition coefficient (Wildman–Crippen LogP) is 3.91. The Morgan fingerprint density at radius 3 is 2.67 bits per heavy atom. The molecule has 3 N–H and O–H groups in total. The first-order chi connectivity index (χ1) is 6.96. The van der Waals surface area contributed by atoms with Gasteiger partial charge in [0, 0.05) is 5.54 Å². The van der Waals surface area contributed by atoms with Gasteiger partial charge in [0.25, 0.3) is 0 Å². The molecule has 1 aromatic rings. The van der Waals surface area contributed by atoms with E-state index < -0.39 is 0 Å². The Kier molecular flexibility index (Phi) is 3.86. The molecule has 15 heavy (non-hydrogen) atoms. The summed E-state index contributed by atoms with van der Waals surface area (Å²) < 4.78 is 0. The van der Waals surface area contributed by atoms with Crippen molar-refractivity contribution in [2.45, 2.75) is 39.2 Å². The monoisotopic (exact) mass is 226 g/mol. The number of halogens is 1. The zero-order valence-electron chi connectivity index (χ0n) is 9.60. The predicted molar refractivity (Wildman–Crippen MR) is 68.5 cm³/mol. The van der Waals surface area contributed by atoms with E-state index >= 15 is 0 Å². The van der Waals surface area contributed by atoms with E-state index in [4.69, 9.17) is 17.3 Å². The van der Waals surface area contributed by atoms with Gasteiger partial charge in [-0.3, -0.25) is 0 Å². The summed E-state index contributed by atoms with van der Waals surface area (Å²) in [6, 6.07) is 5.66. The molecular formula is C12H19ClN2. The molecular weight excluding hydrogens is 208 g/mol. The Labute approximate surface area is 96.8 Å². The molecule has 1 rings (SSSR count). The van der Waals surface area contributed by atoms with Crippen molar-refractivity contribution in [3.63, 3.8) is 0 Å². The van der Waals surface area contributed by atoms with Crippen LogP contribution in [0.4, 0.5) is 11.4 Å². The van der Waals surface area contributed by atoms with Crippen molar-refractivity contribution in [2.24, 2.45) is 0 Å². The Bertz CT molecular complexity index is 334. The van der Waals surface area contributed by atoms with Crippen LogP contribution in [0.3, 0.4) is 0 Å². The first-order valence-corrected chi connectivity index (χ1v) is 5.66. The maximum Gasteiger partial charge on any atom is 0.0739 e. The molecule has 0 unspecified atom stereocenters. The van der Waals surface area contributed by atoms with Crippen molar-refractivity contribution in [1.29, 1.82) is 0 Å². The summed E-state index contributed by atoms with van der Waals surface area (Å²) in [6.07, 6.45) is 2.24. The lowest BCUT2D eigenvalue weighted by atomic mass is 9.98. The molecule has 2 nitrogen and oxygen atoms in total. The molecule has 0 bridgehead atoms. The van der Waals surface area contributed by atoms with Gasteiger partial charge in [-0.2, -0.15) is 0 Å². The van der Waals surface area contributed by atoms with Crippen LogP contribution in [0.15, 0.2) is 18.2 Å². The lowest BCUT2D eigenvalue weighted by molar-refractivity contribution is 0.511. The molecule has 0 fully saturated rings. The van der Waals surface area contributed by atoms with Gasteiger partial charge in [-0.15, -0.1) is 0 Å². The molecule has 0 amide bonds. The van der Waals surface area contributed by atoms with Crippen molar-refractivity contribution in [3.8, 4) is 0 Å². The number of rotatable bonds is 4. The summed E-state index contributed by atoms with van der Waals surface area (Å²) in [5.41, 5.74) is 7.49. The number of para-hydroxylation sites is 1. The van der Waals surface area contributed by atoms with E-state index in [1.807, 2.05) is 12.1 Å². The van der Waals surface area contributed by atoms with E-state index in [0.29, 0.717) is 10.7 Å². The number of nitrogens with two attached hydrogens (primary N) is 1. The van der Waals surface area contributed by atoms with Crippen LogP contribution in [0.1, 0.15) is 33.6 Å². The highest BCUT2D eigenvalue weighted by Gasteiger charge is 2.17. The smallest absolute Gasteiger partial charge is 0.0739 e. The van der Waals surface area contributed by atoms with E-state index in [0.717, 1.165) is 18.5 Å². The molecule has 0 aliphatic rings. The molecule has 1 aromatic carbocycles. The van der Waals surface area contributed by atoms with Gasteiger partial charge in [0.2, 0.25) is 0 Å². The molecule has 0 heterocycles. The molecule has 0 saturated carbocycles. The molecule has 3 heteroatoms. The van der Waals surface area contributed by atoms with Gasteiger partial charge in [-0.05, 0) is 32.4 Å². The van der Waals surface area contributed by atoms with Crippen molar-refractivity contribution < 1.29 is 0 Å². The van der Waals surface area contributed by atoms with Crippen LogP contribution in [-0.4, -0.2) is 5.54 Å². The number of anilines is 2. The minimum Gasteiger partial charge on any atom is -0.396 e. The van der Waals surface area contributed by atoms with Gasteiger partial charge >= 0.3 is 0 Å². The summed E-state index contributed by atoms with van der Waals surface area (Å²) in [5, 5.41) is 4.02. The average molecular weight is 227 g/mol. The number of benzene rings is 1. The quantitative estimate of drug-likeness (QED) is 0.764. The van der Waals surface area contributed by atoms with E-state index in [1.165, 1.54) is 0 Å². The fraction of sp³-hybridized carbons (Fsp3) is 0.500. The minimum absolute atomic E-state index is 0.0492. The summed E-state index contributed by atoms with van der Waals surface area (Å²) in [7, 11) is 0. The summed E-state index contributed by atoms with van der Waals surface area (Å²) in [6.45, 7) is 6.50. The summed E-state index contributed by atoms with van der Waals surface area (Å²) in [5.74, 6) is 0. The van der Waals surface area contributed by atoms with Crippen LogP contribution in [-0.2, 0) is 0 Å². The van der Waals surface area contributed by atoms with Crippen molar-refractivity contribution in [3.05, 3.63) is 23.2 Å². The molecule has 0 aliphatic carbocycles. The second kappa shape index (κ2) is 4.75. The van der Waals surface area contributed by atoms with Crippen molar-refractivity contribution in [2.75, 3.05) is 11.1 Å². The second-order valence-electron chi connectivity index (χ2n) is 4.46. The highest BCUT2D eigenvalue weighted by molar-refractivity contribution is 6.33. The average Bonchev–Trinajstić information content (AvgIpc) is 2.12. The largest absolute Gasteiger partial charge is 0.396 e. The zero-order chi connectivity index (χ0) is 11.5. The van der Waals surface area contributed by atoms with Crippen molar-refractivity contribution in [1.82, 2.24) is 0 Å². The van der Waals surface area contributed by atoms with Gasteiger partial charge in [-0.1, -0.05) is 31.0 Å². The van der Waals surface area contributed by atoms with Crippen LogP contribution < -0.4 is 11.1 Å². The van der Waals surface area contributed by atoms with Gasteiger partial charge in [0.15, 0.2) is 0 Å². The maximum atomic E-state index is 5.95. The van der Waals surface area contributed by atoms with Crippen molar-refractivity contribution >= 4 is 23.0 Å². The van der Waals surface area contributed by atoms with Crippen LogP contribution >= 0.6 is 11.6 Å². The van der Waals surface area contributed by atoms with Gasteiger partial charge in [0.1, 0.15) is 0 Å². The van der Waals surface area contributed by atoms with Crippen LogP contribution in [0.25, 0.3) is 0 Å². The fourth-order valence-corrected chi connectivity index (χ4v) is 1.87. The first-order valence-electron chi connectivity index (χ1n) is 5.28. The van der Waals surface area contributed by atoms with E-state index in [9.17, 15) is 0 Å². The summed E-state index contributed by atoms with van der Waals surface area (Å²) >= 11 is 5.95. The molecule has 0 atom stereocenters. The molecule has 84 valence electrons. The van der Waals surface area contributed by atoms with Crippen LogP contribution in [0, 0.1) is 0 Å². The SMILES string of the molecule is CCCC(C)(C)Nc1cccc(Cl)c1N. The normalized spacial score (nSPS) is 11.5.